The normalized spacial score (nSPS) is 10.2. The van der Waals surface area contributed by atoms with Crippen LogP contribution >= 0.6 is 11.6 Å². The number of nitrogens with zero attached hydrogens (tertiary/aromatic N) is 2. The van der Waals surface area contributed by atoms with Crippen molar-refractivity contribution in [3.63, 3.8) is 0 Å². The molecule has 82 valence electrons. The van der Waals surface area contributed by atoms with E-state index in [1.807, 2.05) is 0 Å². The molecular weight excluding hydrogens is 231 g/mol. The molecule has 0 saturated heterocycles. The fourth-order valence-electron chi connectivity index (χ4n) is 1.13. The second kappa shape index (κ2) is 4.45. The first-order valence-electron chi connectivity index (χ1n) is 4.57. The Bertz CT molecular complexity index is 519. The summed E-state index contributed by atoms with van der Waals surface area (Å²) in [6.07, 6.45) is 2.90. The Balaban J connectivity index is 2.28. The van der Waals surface area contributed by atoms with Crippen molar-refractivity contribution in [1.29, 1.82) is 0 Å². The quantitative estimate of drug-likeness (QED) is 0.805. The summed E-state index contributed by atoms with van der Waals surface area (Å²) in [4.78, 5) is 7.69. The first-order chi connectivity index (χ1) is 7.66. The molecule has 1 aromatic heterocycles. The Labute approximate surface area is 96.9 Å². The van der Waals surface area contributed by atoms with Crippen LogP contribution in [-0.2, 0) is 0 Å². The van der Waals surface area contributed by atoms with Crippen molar-refractivity contribution in [2.75, 3.05) is 0 Å². The molecule has 5 heteroatoms. The molecule has 2 rings (SSSR count). The molecule has 0 aliphatic carbocycles. The molecular formula is C11H8ClFN2O. The predicted molar refractivity (Wildman–Crippen MR) is 58.3 cm³/mol. The number of hydrogen-bond donors (Lipinski definition) is 0. The van der Waals surface area contributed by atoms with Gasteiger partial charge in [-0.2, -0.15) is 0 Å². The van der Waals surface area contributed by atoms with Gasteiger partial charge in [0.25, 0.3) is 5.88 Å². The van der Waals surface area contributed by atoms with Crippen LogP contribution in [0.2, 0.25) is 5.15 Å². The second-order valence-electron chi connectivity index (χ2n) is 3.17. The van der Waals surface area contributed by atoms with Crippen LogP contribution in [0.1, 0.15) is 5.56 Å². The van der Waals surface area contributed by atoms with E-state index in [9.17, 15) is 4.39 Å². The van der Waals surface area contributed by atoms with Crippen LogP contribution in [0.4, 0.5) is 4.39 Å². The summed E-state index contributed by atoms with van der Waals surface area (Å²) in [5.41, 5.74) is 0.553. The summed E-state index contributed by atoms with van der Waals surface area (Å²) >= 11 is 5.75. The van der Waals surface area contributed by atoms with E-state index in [1.165, 1.54) is 18.5 Å². The Morgan fingerprint density at radius 3 is 2.69 bits per heavy atom. The molecule has 1 aromatic carbocycles. The molecule has 0 aliphatic heterocycles. The Hall–Kier alpha value is -1.68. The molecule has 0 N–H and O–H groups in total. The molecule has 0 fully saturated rings. The Morgan fingerprint density at radius 2 is 2.00 bits per heavy atom. The lowest BCUT2D eigenvalue weighted by atomic mass is 10.2. The number of hydrogen-bond acceptors (Lipinski definition) is 3. The van der Waals surface area contributed by atoms with E-state index in [0.29, 0.717) is 11.3 Å². The van der Waals surface area contributed by atoms with Gasteiger partial charge in [-0.05, 0) is 18.6 Å². The molecule has 1 heterocycles. The Kier molecular flexibility index (Phi) is 3.01. The zero-order valence-electron chi connectivity index (χ0n) is 8.45. The van der Waals surface area contributed by atoms with E-state index in [0.717, 1.165) is 0 Å². The van der Waals surface area contributed by atoms with Crippen molar-refractivity contribution in [1.82, 2.24) is 9.97 Å². The van der Waals surface area contributed by atoms with Crippen LogP contribution in [-0.4, -0.2) is 9.97 Å². The Morgan fingerprint density at radius 1 is 1.25 bits per heavy atom. The zero-order valence-corrected chi connectivity index (χ0v) is 9.20. The molecule has 0 atom stereocenters. The van der Waals surface area contributed by atoms with Gasteiger partial charge in [0.15, 0.2) is 5.15 Å². The minimum absolute atomic E-state index is 0.142. The minimum atomic E-state index is -0.336. The summed E-state index contributed by atoms with van der Waals surface area (Å²) in [6, 6.07) is 4.54. The molecule has 0 aliphatic rings. The summed E-state index contributed by atoms with van der Waals surface area (Å²) in [5.74, 6) is 0.162. The van der Waals surface area contributed by atoms with E-state index in [4.69, 9.17) is 16.3 Å². The van der Waals surface area contributed by atoms with Gasteiger partial charge in [-0.25, -0.2) is 14.4 Å². The monoisotopic (exact) mass is 238 g/mol. The number of rotatable bonds is 2. The maximum absolute atomic E-state index is 13.2. The predicted octanol–water partition coefficient (Wildman–Crippen LogP) is 3.37. The summed E-state index contributed by atoms with van der Waals surface area (Å²) in [5, 5.41) is 0.142. The maximum Gasteiger partial charge on any atom is 0.257 e. The molecule has 0 radical (unpaired) electrons. The van der Waals surface area contributed by atoms with Gasteiger partial charge in [-0.3, -0.25) is 0 Å². The van der Waals surface area contributed by atoms with Gasteiger partial charge in [0.05, 0.1) is 0 Å². The van der Waals surface area contributed by atoms with Crippen molar-refractivity contribution >= 4 is 11.6 Å². The molecule has 0 spiro atoms. The van der Waals surface area contributed by atoms with Crippen molar-refractivity contribution in [3.8, 4) is 11.6 Å². The third-order valence-corrected chi connectivity index (χ3v) is 2.24. The average molecular weight is 239 g/mol. The van der Waals surface area contributed by atoms with Crippen LogP contribution in [0.5, 0.6) is 11.6 Å². The van der Waals surface area contributed by atoms with Gasteiger partial charge < -0.3 is 4.74 Å². The lowest BCUT2D eigenvalue weighted by Gasteiger charge is -2.05. The average Bonchev–Trinajstić information content (AvgIpc) is 2.27. The second-order valence-corrected chi connectivity index (χ2v) is 3.52. The fraction of sp³-hybridized carbons (Fsp3) is 0.0909. The first kappa shape index (κ1) is 10.8. The summed E-state index contributed by atoms with van der Waals surface area (Å²) in [6.45, 7) is 1.68. The smallest absolute Gasteiger partial charge is 0.257 e. The van der Waals surface area contributed by atoms with Gasteiger partial charge in [0, 0.05) is 18.5 Å². The highest BCUT2D eigenvalue weighted by atomic mass is 35.5. The third-order valence-electron chi connectivity index (χ3n) is 1.98. The zero-order chi connectivity index (χ0) is 11.5. The molecule has 2 aromatic rings. The molecule has 0 unspecified atom stereocenters. The number of ether oxygens (including phenoxy) is 1. The van der Waals surface area contributed by atoms with Gasteiger partial charge in [-0.1, -0.05) is 17.7 Å². The van der Waals surface area contributed by atoms with Crippen LogP contribution in [0.25, 0.3) is 0 Å². The number of benzene rings is 1. The van der Waals surface area contributed by atoms with Crippen LogP contribution in [0, 0.1) is 12.7 Å². The minimum Gasteiger partial charge on any atom is -0.436 e. The third kappa shape index (κ3) is 2.28. The van der Waals surface area contributed by atoms with Gasteiger partial charge >= 0.3 is 0 Å². The van der Waals surface area contributed by atoms with Gasteiger partial charge in [0.1, 0.15) is 11.6 Å². The fourth-order valence-corrected chi connectivity index (χ4v) is 1.27. The number of aryl methyl sites for hydroxylation is 1. The lowest BCUT2D eigenvalue weighted by Crippen LogP contribution is -1.91. The van der Waals surface area contributed by atoms with E-state index in [-0.39, 0.29) is 16.9 Å². The lowest BCUT2D eigenvalue weighted by molar-refractivity contribution is 0.455. The van der Waals surface area contributed by atoms with E-state index < -0.39 is 0 Å². The molecule has 0 saturated carbocycles. The number of halogens is 2. The van der Waals surface area contributed by atoms with Crippen molar-refractivity contribution < 1.29 is 9.13 Å². The number of aromatic nitrogens is 2. The van der Waals surface area contributed by atoms with Gasteiger partial charge in [-0.15, -0.1) is 0 Å². The highest BCUT2D eigenvalue weighted by Crippen LogP contribution is 2.25. The molecule has 3 nitrogen and oxygen atoms in total. The summed E-state index contributed by atoms with van der Waals surface area (Å²) in [7, 11) is 0. The maximum atomic E-state index is 13.2. The standard InChI is InChI=1S/C11H8ClFN2O/c1-7-2-3-8(6-9(7)13)16-11-10(12)14-4-5-15-11/h2-6H,1H3. The highest BCUT2D eigenvalue weighted by molar-refractivity contribution is 6.30. The SMILES string of the molecule is Cc1ccc(Oc2nccnc2Cl)cc1F. The topological polar surface area (TPSA) is 35.0 Å². The van der Waals surface area contributed by atoms with Gasteiger partial charge in [0.2, 0.25) is 0 Å². The van der Waals surface area contributed by atoms with Crippen molar-refractivity contribution in [2.45, 2.75) is 6.92 Å². The van der Waals surface area contributed by atoms with Crippen molar-refractivity contribution in [3.05, 3.63) is 47.1 Å². The first-order valence-corrected chi connectivity index (χ1v) is 4.95. The van der Waals surface area contributed by atoms with E-state index in [1.54, 1.807) is 19.1 Å². The van der Waals surface area contributed by atoms with E-state index >= 15 is 0 Å². The molecule has 0 bridgehead atoms. The summed E-state index contributed by atoms with van der Waals surface area (Å²) < 4.78 is 18.5. The van der Waals surface area contributed by atoms with Crippen LogP contribution < -0.4 is 4.74 Å². The van der Waals surface area contributed by atoms with Crippen LogP contribution in [0.3, 0.4) is 0 Å². The largest absolute Gasteiger partial charge is 0.436 e. The molecule has 0 amide bonds. The van der Waals surface area contributed by atoms with Crippen molar-refractivity contribution in [2.24, 2.45) is 0 Å². The molecule has 16 heavy (non-hydrogen) atoms. The highest BCUT2D eigenvalue weighted by Gasteiger charge is 2.06. The van der Waals surface area contributed by atoms with E-state index in [2.05, 4.69) is 9.97 Å². The van der Waals surface area contributed by atoms with Crippen LogP contribution in [0.15, 0.2) is 30.6 Å².